The van der Waals surface area contributed by atoms with Gasteiger partial charge < -0.3 is 14.6 Å². The van der Waals surface area contributed by atoms with Crippen LogP contribution in [0, 0.1) is 10.1 Å². The summed E-state index contributed by atoms with van der Waals surface area (Å²) < 4.78 is 5.30. The number of nitro benzene ring substituents is 1. The van der Waals surface area contributed by atoms with E-state index in [-0.39, 0.29) is 48.1 Å². The molecule has 0 saturated heterocycles. The normalized spacial score (nSPS) is 9.83. The minimum absolute atomic E-state index is 0. The Labute approximate surface area is 137 Å². The molecule has 1 heterocycles. The lowest BCUT2D eigenvalue weighted by molar-refractivity contribution is -0.385. The zero-order valence-electron chi connectivity index (χ0n) is 11.0. The molecule has 24 heavy (non-hydrogen) atoms. The number of nitro groups is 1. The Morgan fingerprint density at radius 2 is 1.75 bits per heavy atom. The third kappa shape index (κ3) is 3.05. The first kappa shape index (κ1) is 18.7. The highest BCUT2D eigenvalue weighted by atomic mass is 16.6. The van der Waals surface area contributed by atoms with Crippen LogP contribution in [0.4, 0.5) is 5.69 Å². The minimum Gasteiger partial charge on any atom is -0.508 e. The summed E-state index contributed by atoms with van der Waals surface area (Å²) in [6, 6.07) is 7.71. The summed E-state index contributed by atoms with van der Waals surface area (Å²) >= 11 is 0. The van der Waals surface area contributed by atoms with E-state index >= 15 is 0 Å². The number of hydrogen-bond donors (Lipinski definition) is 2. The molecule has 0 aliphatic heterocycles. The van der Waals surface area contributed by atoms with Gasteiger partial charge in [0.05, 0.1) is 15.9 Å². The number of phenols is 2. The van der Waals surface area contributed by atoms with Gasteiger partial charge in [-0.15, -0.1) is 0 Å². The average Bonchev–Trinajstić information content (AvgIpc) is 2.48. The van der Waals surface area contributed by atoms with Crippen LogP contribution in [0.5, 0.6) is 11.5 Å². The van der Waals surface area contributed by atoms with Crippen molar-refractivity contribution in [2.45, 2.75) is 14.9 Å². The fourth-order valence-corrected chi connectivity index (χ4v) is 2.15. The molecule has 1 aromatic heterocycles. The molecule has 0 radical (unpaired) electrons. The second kappa shape index (κ2) is 6.82. The first-order chi connectivity index (χ1) is 10.5. The summed E-state index contributed by atoms with van der Waals surface area (Å²) in [5, 5.41) is 29.9. The van der Waals surface area contributed by atoms with Crippen molar-refractivity contribution in [1.29, 1.82) is 0 Å². The third-order valence-electron chi connectivity index (χ3n) is 3.24. The smallest absolute Gasteiger partial charge is 0.311 e. The van der Waals surface area contributed by atoms with Crippen LogP contribution < -0.4 is 5.43 Å². The number of benzene rings is 2. The van der Waals surface area contributed by atoms with Gasteiger partial charge >= 0.3 is 5.69 Å². The molecule has 0 spiro atoms. The summed E-state index contributed by atoms with van der Waals surface area (Å²) in [5.74, 6) is -0.521. The van der Waals surface area contributed by atoms with Gasteiger partial charge in [0.25, 0.3) is 0 Å². The van der Waals surface area contributed by atoms with Gasteiger partial charge in [-0.25, -0.2) is 0 Å². The monoisotopic (exact) mass is 331 g/mol. The van der Waals surface area contributed by atoms with Crippen molar-refractivity contribution in [2.75, 3.05) is 0 Å². The van der Waals surface area contributed by atoms with Crippen LogP contribution in [0.25, 0.3) is 22.1 Å². The standard InChI is InChI=1S/C15H9NO6.2CH4/c17-9-2-3-10-14(6-9)22-7-11(15(10)19)8-1-4-13(18)12(5-8)16(20)21;;/h1-7,17-18H;2*1H4. The summed E-state index contributed by atoms with van der Waals surface area (Å²) in [6.45, 7) is 0. The second-order valence-corrected chi connectivity index (χ2v) is 4.62. The fourth-order valence-electron chi connectivity index (χ4n) is 2.15. The third-order valence-corrected chi connectivity index (χ3v) is 3.24. The number of aromatic hydroxyl groups is 2. The second-order valence-electron chi connectivity index (χ2n) is 4.62. The molecule has 7 nitrogen and oxygen atoms in total. The van der Waals surface area contributed by atoms with Crippen molar-refractivity contribution in [1.82, 2.24) is 0 Å². The van der Waals surface area contributed by atoms with Crippen molar-refractivity contribution < 1.29 is 19.6 Å². The Hall–Kier alpha value is -3.35. The molecule has 0 bridgehead atoms. The zero-order valence-corrected chi connectivity index (χ0v) is 11.0. The van der Waals surface area contributed by atoms with E-state index in [9.17, 15) is 25.1 Å². The van der Waals surface area contributed by atoms with Crippen LogP contribution in [0.2, 0.25) is 0 Å². The van der Waals surface area contributed by atoms with E-state index in [0.29, 0.717) is 0 Å². The van der Waals surface area contributed by atoms with Gasteiger partial charge in [0.15, 0.2) is 11.2 Å². The molecule has 7 heteroatoms. The molecule has 0 aliphatic rings. The predicted molar refractivity (Wildman–Crippen MR) is 91.4 cm³/mol. The molecule has 3 aromatic rings. The molecular weight excluding hydrogens is 314 g/mol. The summed E-state index contributed by atoms with van der Waals surface area (Å²) in [6.07, 6.45) is 1.17. The number of fused-ring (bicyclic) bond motifs is 1. The van der Waals surface area contributed by atoms with Gasteiger partial charge in [0.1, 0.15) is 17.6 Å². The van der Waals surface area contributed by atoms with Gasteiger partial charge in [-0.3, -0.25) is 14.9 Å². The summed E-state index contributed by atoms with van der Waals surface area (Å²) in [7, 11) is 0. The number of hydrogen-bond acceptors (Lipinski definition) is 6. The number of rotatable bonds is 2. The highest BCUT2D eigenvalue weighted by molar-refractivity contribution is 5.83. The summed E-state index contributed by atoms with van der Waals surface area (Å²) in [4.78, 5) is 22.6. The van der Waals surface area contributed by atoms with Crippen molar-refractivity contribution in [3.63, 3.8) is 0 Å². The van der Waals surface area contributed by atoms with Gasteiger partial charge in [-0.1, -0.05) is 14.9 Å². The van der Waals surface area contributed by atoms with E-state index in [1.165, 1.54) is 30.5 Å². The molecule has 0 fully saturated rings. The van der Waals surface area contributed by atoms with Crippen LogP contribution in [0.3, 0.4) is 0 Å². The fraction of sp³-hybridized carbons (Fsp3) is 0.118. The van der Waals surface area contributed by atoms with E-state index in [1.807, 2.05) is 0 Å². The van der Waals surface area contributed by atoms with Crippen LogP contribution in [-0.2, 0) is 0 Å². The van der Waals surface area contributed by atoms with Crippen molar-refractivity contribution in [3.05, 3.63) is 63.0 Å². The van der Waals surface area contributed by atoms with E-state index in [0.717, 1.165) is 12.1 Å². The maximum Gasteiger partial charge on any atom is 0.311 e. The van der Waals surface area contributed by atoms with E-state index in [4.69, 9.17) is 4.42 Å². The molecule has 0 aliphatic carbocycles. The predicted octanol–water partition coefficient (Wildman–Crippen LogP) is 4.05. The lowest BCUT2D eigenvalue weighted by atomic mass is 10.0. The first-order valence-electron chi connectivity index (χ1n) is 6.19. The Kier molecular flexibility index (Phi) is 5.32. The largest absolute Gasteiger partial charge is 0.508 e. The average molecular weight is 331 g/mol. The molecule has 3 rings (SSSR count). The topological polar surface area (TPSA) is 114 Å². The maximum atomic E-state index is 12.4. The molecule has 2 aromatic carbocycles. The van der Waals surface area contributed by atoms with Crippen LogP contribution in [-0.4, -0.2) is 15.1 Å². The van der Waals surface area contributed by atoms with Crippen molar-refractivity contribution in [3.8, 4) is 22.6 Å². The molecule has 0 amide bonds. The zero-order chi connectivity index (χ0) is 15.9. The van der Waals surface area contributed by atoms with Crippen molar-refractivity contribution in [2.24, 2.45) is 0 Å². The van der Waals surface area contributed by atoms with Gasteiger partial charge in [0, 0.05) is 12.1 Å². The van der Waals surface area contributed by atoms with E-state index in [1.54, 1.807) is 0 Å². The van der Waals surface area contributed by atoms with Crippen molar-refractivity contribution >= 4 is 16.7 Å². The quantitative estimate of drug-likeness (QED) is 0.541. The highest BCUT2D eigenvalue weighted by Crippen LogP contribution is 2.31. The SMILES string of the molecule is C.C.O=c1c(-c2ccc(O)c([N+](=O)[O-])c2)coc2cc(O)ccc12. The Bertz CT molecular complexity index is 961. The Morgan fingerprint density at radius 3 is 2.42 bits per heavy atom. The molecule has 0 unspecified atom stereocenters. The van der Waals surface area contributed by atoms with Gasteiger partial charge in [0.2, 0.25) is 0 Å². The lowest BCUT2D eigenvalue weighted by Crippen LogP contribution is -2.04. The maximum absolute atomic E-state index is 12.4. The number of phenolic OH excluding ortho intramolecular Hbond substituents is 2. The molecule has 2 N–H and O–H groups in total. The lowest BCUT2D eigenvalue weighted by Gasteiger charge is -2.04. The Morgan fingerprint density at radius 1 is 1.04 bits per heavy atom. The van der Waals surface area contributed by atoms with E-state index < -0.39 is 16.4 Å². The molecular formula is C17H17NO6. The van der Waals surface area contributed by atoms with Crippen LogP contribution in [0.15, 0.2) is 51.9 Å². The highest BCUT2D eigenvalue weighted by Gasteiger charge is 2.17. The Balaban J connectivity index is 0.00000144. The molecule has 0 atom stereocenters. The number of nitrogens with zero attached hydrogens (tertiary/aromatic N) is 1. The van der Waals surface area contributed by atoms with E-state index in [2.05, 4.69) is 0 Å². The van der Waals surface area contributed by atoms with Crippen LogP contribution >= 0.6 is 0 Å². The molecule has 126 valence electrons. The summed E-state index contributed by atoms with van der Waals surface area (Å²) in [5.41, 5.74) is -0.291. The van der Waals surface area contributed by atoms with Gasteiger partial charge in [-0.2, -0.15) is 0 Å². The van der Waals surface area contributed by atoms with Gasteiger partial charge in [-0.05, 0) is 29.8 Å². The molecule has 0 saturated carbocycles. The first-order valence-corrected chi connectivity index (χ1v) is 6.19. The minimum atomic E-state index is -0.737. The van der Waals surface area contributed by atoms with Crippen LogP contribution in [0.1, 0.15) is 14.9 Å².